The number of amides is 1. The van der Waals surface area contributed by atoms with Crippen molar-refractivity contribution in [1.29, 1.82) is 0 Å². The second kappa shape index (κ2) is 8.62. The average molecular weight is 441 g/mol. The number of aryl methyl sites for hydroxylation is 2. The van der Waals surface area contributed by atoms with Gasteiger partial charge in [-0.05, 0) is 56.3 Å². The minimum Gasteiger partial charge on any atom is -0.352 e. The van der Waals surface area contributed by atoms with Crippen molar-refractivity contribution in [2.24, 2.45) is 0 Å². The number of carbonyl (C=O) groups is 1. The number of hydrogen-bond donors (Lipinski definition) is 0. The van der Waals surface area contributed by atoms with Gasteiger partial charge in [0.15, 0.2) is 5.82 Å². The highest BCUT2D eigenvalue weighted by molar-refractivity contribution is 6.36. The van der Waals surface area contributed by atoms with E-state index in [1.165, 1.54) is 0 Å². The first kappa shape index (κ1) is 20.6. The molecular weight excluding hydrogens is 419 g/mol. The monoisotopic (exact) mass is 440 g/mol. The van der Waals surface area contributed by atoms with Crippen LogP contribution in [-0.4, -0.2) is 47.2 Å². The Morgan fingerprint density at radius 3 is 2.17 bits per heavy atom. The summed E-state index contributed by atoms with van der Waals surface area (Å²) >= 11 is 12.2. The van der Waals surface area contributed by atoms with Crippen LogP contribution in [0.4, 0.5) is 5.82 Å². The Morgan fingerprint density at radius 1 is 0.867 bits per heavy atom. The molecule has 1 amide bonds. The average Bonchev–Trinajstić information content (AvgIpc) is 2.73. The lowest BCUT2D eigenvalue weighted by Gasteiger charge is -2.35. The van der Waals surface area contributed by atoms with Crippen molar-refractivity contribution in [3.63, 3.8) is 0 Å². The molecule has 154 valence electrons. The molecular formula is C23H22Cl2N4O. The summed E-state index contributed by atoms with van der Waals surface area (Å²) in [5.41, 5.74) is 4.46. The summed E-state index contributed by atoms with van der Waals surface area (Å²) in [5.74, 6) is 0.877. The van der Waals surface area contributed by atoms with Gasteiger partial charge in [-0.3, -0.25) is 4.79 Å². The lowest BCUT2D eigenvalue weighted by atomic mass is 10.1. The Morgan fingerprint density at radius 2 is 1.57 bits per heavy atom. The molecule has 3 aromatic rings. The molecule has 1 aromatic heterocycles. The van der Waals surface area contributed by atoms with Gasteiger partial charge in [-0.2, -0.15) is 0 Å². The first-order valence-corrected chi connectivity index (χ1v) is 10.6. The van der Waals surface area contributed by atoms with Crippen LogP contribution in [0.1, 0.15) is 21.5 Å². The highest BCUT2D eigenvalue weighted by Crippen LogP contribution is 2.29. The van der Waals surface area contributed by atoms with Gasteiger partial charge in [0.2, 0.25) is 0 Å². The number of benzene rings is 2. The lowest BCUT2D eigenvalue weighted by Crippen LogP contribution is -2.49. The number of aromatic nitrogens is 2. The van der Waals surface area contributed by atoms with E-state index in [2.05, 4.69) is 21.2 Å². The Labute approximate surface area is 186 Å². The summed E-state index contributed by atoms with van der Waals surface area (Å²) < 4.78 is 0. The fraction of sp³-hybridized carbons (Fsp3) is 0.261. The number of carbonyl (C=O) groups excluding carboxylic acids is 1. The number of halogens is 2. The molecule has 4 rings (SSSR count). The highest BCUT2D eigenvalue weighted by Gasteiger charge is 2.23. The smallest absolute Gasteiger partial charge is 0.253 e. The number of anilines is 1. The van der Waals surface area contributed by atoms with Gasteiger partial charge in [-0.25, -0.2) is 0 Å². The molecule has 1 aliphatic rings. The second-order valence-corrected chi connectivity index (χ2v) is 8.40. The molecule has 1 saturated heterocycles. The minimum absolute atomic E-state index is 0.0836. The maximum atomic E-state index is 12.9. The number of piperazine rings is 1. The van der Waals surface area contributed by atoms with Crippen molar-refractivity contribution in [3.8, 4) is 11.3 Å². The van der Waals surface area contributed by atoms with Crippen LogP contribution in [0.2, 0.25) is 10.0 Å². The van der Waals surface area contributed by atoms with E-state index in [4.69, 9.17) is 23.2 Å². The quantitative estimate of drug-likeness (QED) is 0.572. The predicted molar refractivity (Wildman–Crippen MR) is 122 cm³/mol. The highest BCUT2D eigenvalue weighted by atomic mass is 35.5. The van der Waals surface area contributed by atoms with E-state index in [0.29, 0.717) is 41.9 Å². The largest absolute Gasteiger partial charge is 0.352 e. The maximum Gasteiger partial charge on any atom is 0.253 e. The van der Waals surface area contributed by atoms with Crippen LogP contribution in [0.15, 0.2) is 48.5 Å². The predicted octanol–water partition coefficient (Wildman–Crippen LogP) is 5.03. The van der Waals surface area contributed by atoms with Gasteiger partial charge in [0.1, 0.15) is 0 Å². The third-order valence-corrected chi connectivity index (χ3v) is 5.76. The molecule has 2 aromatic carbocycles. The van der Waals surface area contributed by atoms with E-state index in [0.717, 1.165) is 28.1 Å². The lowest BCUT2D eigenvalue weighted by molar-refractivity contribution is 0.0746. The van der Waals surface area contributed by atoms with E-state index in [1.54, 1.807) is 12.1 Å². The van der Waals surface area contributed by atoms with Gasteiger partial charge in [0, 0.05) is 42.3 Å². The van der Waals surface area contributed by atoms with Crippen molar-refractivity contribution < 1.29 is 4.79 Å². The molecule has 0 saturated carbocycles. The molecule has 7 heteroatoms. The first-order chi connectivity index (χ1) is 14.4. The molecule has 0 radical (unpaired) electrons. The molecule has 0 bridgehead atoms. The summed E-state index contributed by atoms with van der Waals surface area (Å²) in [4.78, 5) is 16.9. The van der Waals surface area contributed by atoms with Crippen molar-refractivity contribution >= 4 is 34.9 Å². The van der Waals surface area contributed by atoms with Crippen LogP contribution in [-0.2, 0) is 0 Å². The minimum atomic E-state index is 0.0836. The standard InChI is InChI=1S/C23H22Cl2N4O/c1-15-11-16(2)13-17(12-15)23(30)29-9-7-28(8-10-29)22-6-5-21(26-27-22)19-4-3-18(24)14-20(19)25/h3-6,11-14H,7-10H2,1-2H3. The second-order valence-electron chi connectivity index (χ2n) is 7.56. The van der Waals surface area contributed by atoms with Gasteiger partial charge in [-0.15, -0.1) is 10.2 Å². The SMILES string of the molecule is Cc1cc(C)cc(C(=O)N2CCN(c3ccc(-c4ccc(Cl)cc4Cl)nn3)CC2)c1. The molecule has 2 heterocycles. The Balaban J connectivity index is 1.42. The fourth-order valence-corrected chi connectivity index (χ4v) is 4.26. The van der Waals surface area contributed by atoms with Gasteiger partial charge in [0.05, 0.1) is 10.7 Å². The van der Waals surface area contributed by atoms with Crippen LogP contribution in [0.3, 0.4) is 0 Å². The first-order valence-electron chi connectivity index (χ1n) is 9.82. The van der Waals surface area contributed by atoms with E-state index in [1.807, 2.05) is 49.1 Å². The summed E-state index contributed by atoms with van der Waals surface area (Å²) in [5, 5.41) is 9.84. The summed E-state index contributed by atoms with van der Waals surface area (Å²) in [6.07, 6.45) is 0. The van der Waals surface area contributed by atoms with E-state index < -0.39 is 0 Å². The zero-order valence-corrected chi connectivity index (χ0v) is 18.4. The number of nitrogens with zero attached hydrogens (tertiary/aromatic N) is 4. The summed E-state index contributed by atoms with van der Waals surface area (Å²) in [6, 6.07) is 15.1. The maximum absolute atomic E-state index is 12.9. The van der Waals surface area contributed by atoms with Crippen LogP contribution < -0.4 is 4.90 Å². The number of hydrogen-bond acceptors (Lipinski definition) is 4. The molecule has 0 spiro atoms. The Kier molecular flexibility index (Phi) is 5.93. The van der Waals surface area contributed by atoms with Gasteiger partial charge >= 0.3 is 0 Å². The summed E-state index contributed by atoms with van der Waals surface area (Å²) in [6.45, 7) is 6.76. The van der Waals surface area contributed by atoms with Crippen LogP contribution >= 0.6 is 23.2 Å². The van der Waals surface area contributed by atoms with Crippen LogP contribution in [0.5, 0.6) is 0 Å². The van der Waals surface area contributed by atoms with Gasteiger partial charge < -0.3 is 9.80 Å². The molecule has 0 unspecified atom stereocenters. The molecule has 30 heavy (non-hydrogen) atoms. The molecule has 1 aliphatic heterocycles. The van der Waals surface area contributed by atoms with Crippen LogP contribution in [0, 0.1) is 13.8 Å². The molecule has 0 atom stereocenters. The van der Waals surface area contributed by atoms with Crippen molar-refractivity contribution in [3.05, 3.63) is 75.3 Å². The third kappa shape index (κ3) is 4.42. The normalized spacial score (nSPS) is 14.1. The fourth-order valence-electron chi connectivity index (χ4n) is 3.75. The van der Waals surface area contributed by atoms with E-state index in [9.17, 15) is 4.79 Å². The molecule has 1 fully saturated rings. The van der Waals surface area contributed by atoms with Gasteiger partial charge in [-0.1, -0.05) is 40.4 Å². The topological polar surface area (TPSA) is 49.3 Å². The summed E-state index contributed by atoms with van der Waals surface area (Å²) in [7, 11) is 0. The zero-order chi connectivity index (χ0) is 21.3. The van der Waals surface area contributed by atoms with Crippen molar-refractivity contribution in [2.45, 2.75) is 13.8 Å². The zero-order valence-electron chi connectivity index (χ0n) is 16.9. The van der Waals surface area contributed by atoms with Crippen LogP contribution in [0.25, 0.3) is 11.3 Å². The van der Waals surface area contributed by atoms with E-state index in [-0.39, 0.29) is 5.91 Å². The third-order valence-electron chi connectivity index (χ3n) is 5.22. The van der Waals surface area contributed by atoms with Gasteiger partial charge in [0.25, 0.3) is 5.91 Å². The Hall–Kier alpha value is -2.63. The van der Waals surface area contributed by atoms with Crippen molar-refractivity contribution in [2.75, 3.05) is 31.1 Å². The molecule has 0 aliphatic carbocycles. The molecule has 0 N–H and O–H groups in total. The van der Waals surface area contributed by atoms with Crippen molar-refractivity contribution in [1.82, 2.24) is 15.1 Å². The van der Waals surface area contributed by atoms with E-state index >= 15 is 0 Å². The molecule has 5 nitrogen and oxygen atoms in total. The Bertz CT molecular complexity index is 1060. The number of rotatable bonds is 3.